The molecule has 0 spiro atoms. The zero-order valence-electron chi connectivity index (χ0n) is 16.9. The van der Waals surface area contributed by atoms with E-state index in [-0.39, 0.29) is 5.69 Å². The number of methoxy groups -OCH3 is 1. The van der Waals surface area contributed by atoms with Crippen LogP contribution in [0, 0.1) is 0 Å². The number of fused-ring (bicyclic) bond motifs is 1. The number of rotatable bonds is 12. The number of H-pyrrole nitrogens is 1. The molecule has 2 aromatic heterocycles. The number of amidine groups is 1. The molecule has 1 N–H and O–H groups in total. The van der Waals surface area contributed by atoms with Crippen LogP contribution >= 0.6 is 0 Å². The minimum absolute atomic E-state index is 0.155. The fourth-order valence-electron chi connectivity index (χ4n) is 2.98. The average molecular weight is 386 g/mol. The normalized spacial score (nSPS) is 12.1. The monoisotopic (exact) mass is 385 g/mol. The molecule has 2 rings (SSSR count). The summed E-state index contributed by atoms with van der Waals surface area (Å²) >= 11 is 0. The topological polar surface area (TPSA) is 75.5 Å². The van der Waals surface area contributed by atoms with Crippen molar-refractivity contribution in [3.8, 4) is 0 Å². The summed E-state index contributed by atoms with van der Waals surface area (Å²) in [6, 6.07) is 1.81. The van der Waals surface area contributed by atoms with E-state index in [0.29, 0.717) is 19.6 Å². The van der Waals surface area contributed by atoms with Crippen LogP contribution in [0.25, 0.3) is 11.0 Å². The lowest BCUT2D eigenvalue weighted by atomic mass is 10.3. The smallest absolute Gasteiger partial charge is 0.326 e. The van der Waals surface area contributed by atoms with Crippen molar-refractivity contribution in [3.05, 3.63) is 53.8 Å². The second-order valence-corrected chi connectivity index (χ2v) is 6.48. The molecule has 0 aliphatic rings. The first-order chi connectivity index (χ1) is 13.7. The third-order valence-corrected chi connectivity index (χ3v) is 4.40. The van der Waals surface area contributed by atoms with E-state index in [0.717, 1.165) is 49.3 Å². The highest BCUT2D eigenvalue weighted by Gasteiger charge is 2.14. The summed E-state index contributed by atoms with van der Waals surface area (Å²) in [7, 11) is 1.71. The molecule has 152 valence electrons. The van der Waals surface area contributed by atoms with Gasteiger partial charge in [0.2, 0.25) is 0 Å². The molecule has 0 aliphatic heterocycles. The van der Waals surface area contributed by atoms with Gasteiger partial charge >= 0.3 is 5.69 Å². The maximum atomic E-state index is 12.5. The second-order valence-electron chi connectivity index (χ2n) is 6.48. The molecule has 0 fully saturated rings. The van der Waals surface area contributed by atoms with Crippen LogP contribution < -0.4 is 5.69 Å². The third kappa shape index (κ3) is 6.20. The minimum Gasteiger partial charge on any atom is -0.385 e. The van der Waals surface area contributed by atoms with Gasteiger partial charge in [0.25, 0.3) is 0 Å². The number of nitrogens with one attached hydrogen (secondary N) is 1. The van der Waals surface area contributed by atoms with Crippen molar-refractivity contribution in [1.82, 2.24) is 19.4 Å². The fourth-order valence-corrected chi connectivity index (χ4v) is 2.98. The third-order valence-electron chi connectivity index (χ3n) is 4.40. The van der Waals surface area contributed by atoms with Crippen LogP contribution in [-0.4, -0.2) is 58.6 Å². The van der Waals surface area contributed by atoms with Gasteiger partial charge in [-0.05, 0) is 25.3 Å². The molecule has 0 aliphatic carbocycles. The van der Waals surface area contributed by atoms with E-state index >= 15 is 0 Å². The molecule has 2 aromatic rings. The second kappa shape index (κ2) is 11.9. The van der Waals surface area contributed by atoms with E-state index < -0.39 is 0 Å². The Morgan fingerprint density at radius 1 is 1.43 bits per heavy atom. The highest BCUT2D eigenvalue weighted by atomic mass is 16.5. The zero-order valence-corrected chi connectivity index (χ0v) is 16.9. The first-order valence-corrected chi connectivity index (χ1v) is 9.76. The Balaban J connectivity index is 2.28. The van der Waals surface area contributed by atoms with Crippen LogP contribution in [0.4, 0.5) is 0 Å². The number of unbranched alkanes of at least 4 members (excludes halogenated alkanes) is 1. The summed E-state index contributed by atoms with van der Waals surface area (Å²) in [5.74, 6) is 0.866. The van der Waals surface area contributed by atoms with Crippen LogP contribution in [0.15, 0.2) is 53.1 Å². The quantitative estimate of drug-likeness (QED) is 0.264. The summed E-state index contributed by atoms with van der Waals surface area (Å²) in [6.45, 7) is 9.21. The number of pyridine rings is 1. The first kappa shape index (κ1) is 21.6. The van der Waals surface area contributed by atoms with Crippen molar-refractivity contribution in [2.24, 2.45) is 4.99 Å². The number of imidazole rings is 1. The summed E-state index contributed by atoms with van der Waals surface area (Å²) in [6.07, 6.45) is 12.3. The van der Waals surface area contributed by atoms with Gasteiger partial charge in [-0.3, -0.25) is 14.5 Å². The van der Waals surface area contributed by atoms with Gasteiger partial charge in [-0.2, -0.15) is 0 Å². The molecule has 28 heavy (non-hydrogen) atoms. The molecule has 0 aromatic carbocycles. The molecule has 0 saturated heterocycles. The Morgan fingerprint density at radius 2 is 2.29 bits per heavy atom. The number of ether oxygens (including phenoxy) is 1. The number of hydrogen-bond acceptors (Lipinski definition) is 4. The number of aromatic nitrogens is 3. The van der Waals surface area contributed by atoms with Crippen molar-refractivity contribution >= 4 is 16.9 Å². The van der Waals surface area contributed by atoms with Gasteiger partial charge in [-0.25, -0.2) is 4.79 Å². The molecule has 2 heterocycles. The standard InChI is InChI=1S/C21H31N5O2/c1-4-6-7-11-23-20(25(13-5-2)14-8-9-15-28-3)17-26-19-16-22-12-10-18(19)24-21(26)27/h5-7,10,12,16H,2,4,8-9,11,13-15,17H2,1,3H3,(H,24,27)/b7-6-,23-20?. The lowest BCUT2D eigenvalue weighted by Crippen LogP contribution is -2.37. The highest BCUT2D eigenvalue weighted by molar-refractivity contribution is 5.84. The minimum atomic E-state index is -0.155. The molecule has 0 atom stereocenters. The van der Waals surface area contributed by atoms with Crippen LogP contribution in [0.5, 0.6) is 0 Å². The summed E-state index contributed by atoms with van der Waals surface area (Å²) < 4.78 is 6.84. The van der Waals surface area contributed by atoms with Crippen molar-refractivity contribution in [2.75, 3.05) is 33.4 Å². The van der Waals surface area contributed by atoms with Gasteiger partial charge in [0.1, 0.15) is 5.84 Å². The van der Waals surface area contributed by atoms with E-state index in [1.54, 1.807) is 30.1 Å². The van der Waals surface area contributed by atoms with Gasteiger partial charge in [0.15, 0.2) is 0 Å². The predicted molar refractivity (Wildman–Crippen MR) is 115 cm³/mol. The molecule has 7 heteroatoms. The van der Waals surface area contributed by atoms with E-state index in [4.69, 9.17) is 9.73 Å². The molecule has 0 unspecified atom stereocenters. The summed E-state index contributed by atoms with van der Waals surface area (Å²) in [4.78, 5) is 26.5. The van der Waals surface area contributed by atoms with E-state index in [1.807, 2.05) is 6.08 Å². The number of allylic oxidation sites excluding steroid dienone is 1. The molecule has 7 nitrogen and oxygen atoms in total. The molecule has 0 saturated carbocycles. The average Bonchev–Trinajstić information content (AvgIpc) is 3.02. The van der Waals surface area contributed by atoms with Gasteiger partial charge in [-0.15, -0.1) is 6.58 Å². The predicted octanol–water partition coefficient (Wildman–Crippen LogP) is 3.00. The highest BCUT2D eigenvalue weighted by Crippen LogP contribution is 2.09. The maximum Gasteiger partial charge on any atom is 0.326 e. The van der Waals surface area contributed by atoms with Crippen LogP contribution in [0.2, 0.25) is 0 Å². The lowest BCUT2D eigenvalue weighted by molar-refractivity contribution is 0.190. The van der Waals surface area contributed by atoms with E-state index in [1.165, 1.54) is 0 Å². The van der Waals surface area contributed by atoms with E-state index in [9.17, 15) is 4.79 Å². The molecular weight excluding hydrogens is 354 g/mol. The number of hydrogen-bond donors (Lipinski definition) is 1. The lowest BCUT2D eigenvalue weighted by Gasteiger charge is -2.25. The summed E-state index contributed by atoms with van der Waals surface area (Å²) in [5, 5.41) is 0. The number of aromatic amines is 1. The Labute approximate surface area is 166 Å². The van der Waals surface area contributed by atoms with Gasteiger partial charge in [0.05, 0.1) is 30.3 Å². The summed E-state index contributed by atoms with van der Waals surface area (Å²) in [5.41, 5.74) is 1.40. The Kier molecular flexibility index (Phi) is 9.21. The number of nitrogens with zero attached hydrogens (tertiary/aromatic N) is 4. The number of aliphatic imine (C=N–C) groups is 1. The SMILES string of the molecule is C=CCN(CCCCOC)C(Cn1c(=O)[nH]c2ccncc21)=NC/C=C\CC. The zero-order chi connectivity index (χ0) is 20.2. The van der Waals surface area contributed by atoms with Crippen molar-refractivity contribution < 1.29 is 4.74 Å². The largest absolute Gasteiger partial charge is 0.385 e. The van der Waals surface area contributed by atoms with Crippen LogP contribution in [0.1, 0.15) is 26.2 Å². The van der Waals surface area contributed by atoms with E-state index in [2.05, 4.69) is 40.5 Å². The van der Waals surface area contributed by atoms with Gasteiger partial charge < -0.3 is 14.6 Å². The van der Waals surface area contributed by atoms with Crippen LogP contribution in [-0.2, 0) is 11.3 Å². The Hall–Kier alpha value is -2.67. The molecule has 0 amide bonds. The van der Waals surface area contributed by atoms with Gasteiger partial charge in [0, 0.05) is 33.0 Å². The molecule has 0 bridgehead atoms. The molecule has 0 radical (unpaired) electrons. The maximum absolute atomic E-state index is 12.5. The van der Waals surface area contributed by atoms with Gasteiger partial charge in [-0.1, -0.05) is 25.2 Å². The Bertz CT molecular complexity index is 850. The first-order valence-electron chi connectivity index (χ1n) is 9.76. The fraction of sp³-hybridized carbons (Fsp3) is 0.476. The van der Waals surface area contributed by atoms with Crippen molar-refractivity contribution in [2.45, 2.75) is 32.7 Å². The van der Waals surface area contributed by atoms with Crippen molar-refractivity contribution in [1.29, 1.82) is 0 Å². The molecular formula is C21H31N5O2. The van der Waals surface area contributed by atoms with Crippen molar-refractivity contribution in [3.63, 3.8) is 0 Å². The van der Waals surface area contributed by atoms with Crippen LogP contribution in [0.3, 0.4) is 0 Å². The Morgan fingerprint density at radius 3 is 3.04 bits per heavy atom.